The number of nitrogens with two attached hydrogens (primary N) is 1. The molecule has 15 heavy (non-hydrogen) atoms. The number of carbonyl (C=O) groups excluding carboxylic acids is 1. The molecule has 0 aliphatic heterocycles. The van der Waals surface area contributed by atoms with E-state index < -0.39 is 7.60 Å². The van der Waals surface area contributed by atoms with Gasteiger partial charge in [0.15, 0.2) is 0 Å². The Kier molecular flexibility index (Phi) is 7.88. The molecule has 0 aromatic carbocycles. The van der Waals surface area contributed by atoms with Crippen LogP contribution in [0.5, 0.6) is 0 Å². The summed E-state index contributed by atoms with van der Waals surface area (Å²) in [5.41, 5.74) is 5.14. The lowest BCUT2D eigenvalue weighted by Crippen LogP contribution is -2.12. The number of hydrogen-bond acceptors (Lipinski definition) is 4. The van der Waals surface area contributed by atoms with Crippen LogP contribution in [0.1, 0.15) is 32.6 Å². The van der Waals surface area contributed by atoms with Crippen molar-refractivity contribution in [2.45, 2.75) is 32.6 Å². The number of unbranched alkanes of at least 4 members (excludes halogenated alkanes) is 2. The van der Waals surface area contributed by atoms with Gasteiger partial charge in [-0.1, -0.05) is 13.3 Å². The van der Waals surface area contributed by atoms with E-state index in [-0.39, 0.29) is 25.1 Å². The third-order valence-corrected chi connectivity index (χ3v) is 3.41. The molecule has 1 unspecified atom stereocenters. The Labute approximate surface area is 90.5 Å². The van der Waals surface area contributed by atoms with E-state index in [4.69, 9.17) is 15.2 Å². The van der Waals surface area contributed by atoms with Crippen LogP contribution in [0, 0.1) is 0 Å². The fourth-order valence-corrected chi connectivity index (χ4v) is 1.60. The highest BCUT2D eigenvalue weighted by molar-refractivity contribution is 7.52. The van der Waals surface area contributed by atoms with Gasteiger partial charge in [0, 0.05) is 12.6 Å². The van der Waals surface area contributed by atoms with E-state index >= 15 is 0 Å². The van der Waals surface area contributed by atoms with Crippen molar-refractivity contribution in [2.75, 3.05) is 19.3 Å². The Bertz CT molecular complexity index is 232. The second-order valence-corrected chi connectivity index (χ2v) is 5.51. The van der Waals surface area contributed by atoms with Crippen LogP contribution in [-0.2, 0) is 13.9 Å². The predicted octanol–water partition coefficient (Wildman–Crippen LogP) is 1.30. The molecule has 1 atom stereocenters. The summed E-state index contributed by atoms with van der Waals surface area (Å²) < 4.78 is 15.8. The van der Waals surface area contributed by atoms with E-state index in [2.05, 4.69) is 0 Å². The summed E-state index contributed by atoms with van der Waals surface area (Å²) in [5, 5.41) is 0. The first kappa shape index (κ1) is 14.8. The van der Waals surface area contributed by atoms with E-state index in [1.807, 2.05) is 0 Å². The molecule has 0 saturated carbocycles. The minimum Gasteiger partial charge on any atom is -0.324 e. The Morgan fingerprint density at radius 3 is 2.60 bits per heavy atom. The highest BCUT2D eigenvalue weighted by Crippen LogP contribution is 2.40. The van der Waals surface area contributed by atoms with Gasteiger partial charge in [-0.05, 0) is 12.8 Å². The molecule has 0 heterocycles. The average molecular weight is 237 g/mol. The minimum atomic E-state index is -3.33. The van der Waals surface area contributed by atoms with Gasteiger partial charge in [0.25, 0.3) is 0 Å². The number of carbonyl (C=O) groups is 1. The first-order chi connectivity index (χ1) is 7.02. The lowest BCUT2D eigenvalue weighted by molar-refractivity contribution is -0.117. The van der Waals surface area contributed by atoms with Crippen molar-refractivity contribution in [2.24, 2.45) is 5.73 Å². The van der Waals surface area contributed by atoms with Crippen molar-refractivity contribution in [1.82, 2.24) is 0 Å². The normalized spacial score (nSPS) is 14.9. The highest BCUT2D eigenvalue weighted by Gasteiger charge is 2.14. The maximum absolute atomic E-state index is 11.0. The van der Waals surface area contributed by atoms with Crippen LogP contribution in [0.15, 0.2) is 0 Å². The summed E-state index contributed by atoms with van der Waals surface area (Å²) in [5.74, 6) is 0.0531. The van der Waals surface area contributed by atoms with Crippen LogP contribution in [0.4, 0.5) is 0 Å². The summed E-state index contributed by atoms with van der Waals surface area (Å²) in [6, 6.07) is 0. The zero-order valence-electron chi connectivity index (χ0n) is 9.15. The van der Waals surface area contributed by atoms with Gasteiger partial charge in [0.2, 0.25) is 0 Å². The largest absolute Gasteiger partial charge is 0.327 e. The van der Waals surface area contributed by atoms with Crippen molar-refractivity contribution in [3.8, 4) is 0 Å². The quantitative estimate of drug-likeness (QED) is 0.466. The fraction of sp³-hybridized carbons (Fsp3) is 0.889. The predicted molar refractivity (Wildman–Crippen MR) is 58.8 cm³/mol. The van der Waals surface area contributed by atoms with Gasteiger partial charge in [0.1, 0.15) is 5.78 Å². The molecule has 0 rings (SSSR count). The zero-order chi connectivity index (χ0) is 11.7. The molecule has 0 radical (unpaired) electrons. The Balaban J connectivity index is 3.33. The zero-order valence-corrected chi connectivity index (χ0v) is 10.0. The van der Waals surface area contributed by atoms with Gasteiger partial charge in [-0.15, -0.1) is 0 Å². The van der Waals surface area contributed by atoms with Gasteiger partial charge in [0.05, 0.1) is 13.2 Å². The van der Waals surface area contributed by atoms with Crippen LogP contribution < -0.4 is 5.73 Å². The molecular formula is C9H20NO4P. The molecule has 6 heteroatoms. The summed E-state index contributed by atoms with van der Waals surface area (Å²) in [4.78, 5) is 19.9. The lowest BCUT2D eigenvalue weighted by atomic mass is 10.1. The van der Waals surface area contributed by atoms with Crippen molar-refractivity contribution in [3.05, 3.63) is 0 Å². The van der Waals surface area contributed by atoms with Crippen molar-refractivity contribution in [1.29, 1.82) is 0 Å². The summed E-state index contributed by atoms with van der Waals surface area (Å²) in [6.45, 7) is 1.98. The summed E-state index contributed by atoms with van der Waals surface area (Å²) in [6.07, 6.45) is 2.90. The Morgan fingerprint density at radius 1 is 1.40 bits per heavy atom. The van der Waals surface area contributed by atoms with E-state index in [9.17, 15) is 9.36 Å². The van der Waals surface area contributed by atoms with E-state index in [1.165, 1.54) is 0 Å². The third-order valence-electron chi connectivity index (χ3n) is 2.02. The van der Waals surface area contributed by atoms with Gasteiger partial charge in [-0.3, -0.25) is 9.36 Å². The SMILES string of the molecule is CCP(=O)(O)OCCCCCC(=O)CN. The standard InChI is InChI=1S/C9H20NO4P/c1-2-15(12,13)14-7-5-3-4-6-9(11)8-10/h2-8,10H2,1H3,(H,12,13). The molecule has 0 aromatic rings. The number of ketones is 1. The number of Topliss-reactive ketones (excluding diaryl/α,β-unsaturated/α-hetero) is 1. The third kappa shape index (κ3) is 8.75. The Hall–Kier alpha value is -0.220. The molecule has 0 fully saturated rings. The lowest BCUT2D eigenvalue weighted by Gasteiger charge is -2.09. The molecule has 0 spiro atoms. The maximum atomic E-state index is 11.0. The first-order valence-electron chi connectivity index (χ1n) is 5.20. The fourth-order valence-electron chi connectivity index (χ4n) is 1.00. The number of rotatable bonds is 9. The van der Waals surface area contributed by atoms with Gasteiger partial charge in [-0.25, -0.2) is 0 Å². The Morgan fingerprint density at radius 2 is 2.07 bits per heavy atom. The molecule has 0 aliphatic rings. The molecule has 0 saturated heterocycles. The van der Waals surface area contributed by atoms with Crippen molar-refractivity contribution in [3.63, 3.8) is 0 Å². The van der Waals surface area contributed by atoms with Gasteiger partial charge < -0.3 is 15.2 Å². The van der Waals surface area contributed by atoms with Crippen LogP contribution >= 0.6 is 7.60 Å². The second-order valence-electron chi connectivity index (χ2n) is 3.34. The molecule has 90 valence electrons. The van der Waals surface area contributed by atoms with Crippen LogP contribution in [0.25, 0.3) is 0 Å². The molecule has 0 aromatic heterocycles. The van der Waals surface area contributed by atoms with Gasteiger partial charge in [-0.2, -0.15) is 0 Å². The smallest absolute Gasteiger partial charge is 0.324 e. The molecule has 0 bridgehead atoms. The number of hydrogen-bond donors (Lipinski definition) is 2. The minimum absolute atomic E-state index is 0.0531. The monoisotopic (exact) mass is 237 g/mol. The topological polar surface area (TPSA) is 89.6 Å². The van der Waals surface area contributed by atoms with E-state index in [0.717, 1.165) is 12.8 Å². The van der Waals surface area contributed by atoms with Crippen LogP contribution in [0.2, 0.25) is 0 Å². The first-order valence-corrected chi connectivity index (χ1v) is 6.96. The second kappa shape index (κ2) is 7.99. The van der Waals surface area contributed by atoms with E-state index in [1.54, 1.807) is 6.92 Å². The molecule has 5 nitrogen and oxygen atoms in total. The molecular weight excluding hydrogens is 217 g/mol. The van der Waals surface area contributed by atoms with Crippen LogP contribution in [0.3, 0.4) is 0 Å². The molecule has 0 aliphatic carbocycles. The summed E-state index contributed by atoms with van der Waals surface area (Å²) >= 11 is 0. The molecule has 3 N–H and O–H groups in total. The average Bonchev–Trinajstić information content (AvgIpc) is 2.22. The van der Waals surface area contributed by atoms with Crippen molar-refractivity contribution >= 4 is 13.4 Å². The summed E-state index contributed by atoms with van der Waals surface area (Å²) in [7, 11) is -3.33. The highest BCUT2D eigenvalue weighted by atomic mass is 31.2. The van der Waals surface area contributed by atoms with Gasteiger partial charge >= 0.3 is 7.60 Å². The van der Waals surface area contributed by atoms with Crippen molar-refractivity contribution < 1.29 is 18.8 Å². The maximum Gasteiger partial charge on any atom is 0.327 e. The van der Waals surface area contributed by atoms with Crippen LogP contribution in [-0.4, -0.2) is 30.0 Å². The van der Waals surface area contributed by atoms with E-state index in [0.29, 0.717) is 12.8 Å². The molecule has 0 amide bonds.